The minimum atomic E-state index is -0.261. The van der Waals surface area contributed by atoms with Crippen LogP contribution < -0.4 is 5.73 Å². The maximum Gasteiger partial charge on any atom is 0.131 e. The lowest BCUT2D eigenvalue weighted by molar-refractivity contribution is 0.108. The summed E-state index contributed by atoms with van der Waals surface area (Å²) in [7, 11) is 1.66. The Labute approximate surface area is 97.2 Å². The Morgan fingerprint density at radius 1 is 1.27 bits per heavy atom. The van der Waals surface area contributed by atoms with Gasteiger partial charge < -0.3 is 10.5 Å². The summed E-state index contributed by atoms with van der Waals surface area (Å²) in [6.07, 6.45) is 4.67. The number of ether oxygens (including phenoxy) is 1. The minimum Gasteiger partial charge on any atom is -0.363 e. The van der Waals surface area contributed by atoms with Gasteiger partial charge in [0, 0.05) is 7.11 Å². The van der Waals surface area contributed by atoms with Gasteiger partial charge in [0.1, 0.15) is 6.23 Å². The number of aryl methyl sites for hydroxylation is 1. The second-order valence-corrected chi connectivity index (χ2v) is 3.85. The van der Waals surface area contributed by atoms with Gasteiger partial charge in [0.15, 0.2) is 0 Å². The van der Waals surface area contributed by atoms with Crippen molar-refractivity contribution in [1.82, 2.24) is 0 Å². The van der Waals surface area contributed by atoms with E-state index in [1.807, 2.05) is 0 Å². The summed E-state index contributed by atoms with van der Waals surface area (Å²) in [5.41, 5.74) is 9.95. The predicted octanol–water partition coefficient (Wildman–Crippen LogP) is 2.59. The highest BCUT2D eigenvalue weighted by molar-refractivity contribution is 5.85. The van der Waals surface area contributed by atoms with Crippen LogP contribution in [0, 0.1) is 0 Å². The summed E-state index contributed by atoms with van der Waals surface area (Å²) >= 11 is 0. The average molecular weight is 228 g/mol. The Balaban J connectivity index is 0.00000112. The molecule has 1 unspecified atom stereocenters. The lowest BCUT2D eigenvalue weighted by Gasteiger charge is -2.21. The number of rotatable bonds is 2. The summed E-state index contributed by atoms with van der Waals surface area (Å²) in [6, 6.07) is 6.37. The maximum atomic E-state index is 5.90. The number of hydrogen-bond acceptors (Lipinski definition) is 2. The molecule has 1 atom stereocenters. The maximum absolute atomic E-state index is 5.90. The first-order chi connectivity index (χ1) is 6.83. The third kappa shape index (κ3) is 2.51. The van der Waals surface area contributed by atoms with Gasteiger partial charge in [0.2, 0.25) is 0 Å². The van der Waals surface area contributed by atoms with Gasteiger partial charge in [-0.05, 0) is 42.4 Å². The molecule has 3 heteroatoms. The molecule has 1 aromatic rings. The van der Waals surface area contributed by atoms with Gasteiger partial charge in [-0.1, -0.05) is 18.2 Å². The van der Waals surface area contributed by atoms with Crippen LogP contribution in [0.15, 0.2) is 18.2 Å². The number of benzene rings is 1. The Morgan fingerprint density at radius 2 is 2.00 bits per heavy atom. The van der Waals surface area contributed by atoms with Crippen LogP contribution in [-0.2, 0) is 17.6 Å². The molecule has 0 radical (unpaired) electrons. The van der Waals surface area contributed by atoms with E-state index in [-0.39, 0.29) is 18.6 Å². The smallest absolute Gasteiger partial charge is 0.131 e. The quantitative estimate of drug-likeness (QED) is 0.789. The average Bonchev–Trinajstić information content (AvgIpc) is 2.27. The highest BCUT2D eigenvalue weighted by atomic mass is 35.5. The molecule has 0 amide bonds. The molecule has 1 aliphatic rings. The molecule has 1 aromatic carbocycles. The van der Waals surface area contributed by atoms with Crippen LogP contribution in [0.5, 0.6) is 0 Å². The van der Waals surface area contributed by atoms with Crippen molar-refractivity contribution < 1.29 is 4.74 Å². The largest absolute Gasteiger partial charge is 0.363 e. The fourth-order valence-corrected chi connectivity index (χ4v) is 2.20. The zero-order valence-electron chi connectivity index (χ0n) is 9.03. The summed E-state index contributed by atoms with van der Waals surface area (Å²) in [5, 5.41) is 0. The van der Waals surface area contributed by atoms with E-state index >= 15 is 0 Å². The van der Waals surface area contributed by atoms with Crippen LogP contribution in [-0.4, -0.2) is 7.11 Å². The zero-order valence-corrected chi connectivity index (χ0v) is 9.85. The van der Waals surface area contributed by atoms with Gasteiger partial charge >= 0.3 is 0 Å². The monoisotopic (exact) mass is 227 g/mol. The molecule has 84 valence electrons. The normalized spacial score (nSPS) is 16.4. The van der Waals surface area contributed by atoms with Crippen molar-refractivity contribution in [2.45, 2.75) is 31.9 Å². The second kappa shape index (κ2) is 5.50. The van der Waals surface area contributed by atoms with E-state index in [4.69, 9.17) is 10.5 Å². The first-order valence-corrected chi connectivity index (χ1v) is 5.22. The van der Waals surface area contributed by atoms with Crippen LogP contribution in [0.2, 0.25) is 0 Å². The van der Waals surface area contributed by atoms with Crippen molar-refractivity contribution in [3.05, 3.63) is 34.9 Å². The lowest BCUT2D eigenvalue weighted by atomic mass is 9.88. The van der Waals surface area contributed by atoms with E-state index in [9.17, 15) is 0 Å². The first-order valence-electron chi connectivity index (χ1n) is 5.22. The standard InChI is InChI=1S/C12H17NO.ClH/c1-14-12(13)11-8-4-6-9-5-2-3-7-10(9)11;/h4,6,8,12H,2-3,5,7,13H2,1H3;1H. The molecule has 2 nitrogen and oxygen atoms in total. The lowest BCUT2D eigenvalue weighted by Crippen LogP contribution is -2.17. The van der Waals surface area contributed by atoms with Crippen molar-refractivity contribution >= 4 is 12.4 Å². The third-order valence-corrected chi connectivity index (χ3v) is 2.99. The molecule has 2 N–H and O–H groups in total. The molecule has 1 aliphatic carbocycles. The molecule has 15 heavy (non-hydrogen) atoms. The molecule has 2 rings (SSSR count). The number of hydrogen-bond donors (Lipinski definition) is 1. The molecule has 0 fully saturated rings. The molecular weight excluding hydrogens is 210 g/mol. The fraction of sp³-hybridized carbons (Fsp3) is 0.500. The van der Waals surface area contributed by atoms with Gasteiger partial charge in [-0.15, -0.1) is 12.4 Å². The van der Waals surface area contributed by atoms with Gasteiger partial charge in [0.25, 0.3) is 0 Å². The van der Waals surface area contributed by atoms with Crippen LogP contribution in [0.4, 0.5) is 0 Å². The summed E-state index contributed by atoms with van der Waals surface area (Å²) < 4.78 is 5.18. The molecular formula is C12H18ClNO. The molecule has 0 bridgehead atoms. The number of nitrogens with two attached hydrogens (primary N) is 1. The number of methoxy groups -OCH3 is 1. The van der Waals surface area contributed by atoms with E-state index in [0.29, 0.717) is 0 Å². The van der Waals surface area contributed by atoms with Crippen molar-refractivity contribution in [3.63, 3.8) is 0 Å². The van der Waals surface area contributed by atoms with Crippen molar-refractivity contribution in [1.29, 1.82) is 0 Å². The van der Waals surface area contributed by atoms with Crippen molar-refractivity contribution in [2.24, 2.45) is 5.73 Å². The molecule has 0 saturated heterocycles. The van der Waals surface area contributed by atoms with Crippen LogP contribution in [0.25, 0.3) is 0 Å². The van der Waals surface area contributed by atoms with Gasteiger partial charge in [-0.3, -0.25) is 0 Å². The first kappa shape index (κ1) is 12.5. The van der Waals surface area contributed by atoms with Gasteiger partial charge in [-0.25, -0.2) is 0 Å². The Bertz CT molecular complexity index is 327. The van der Waals surface area contributed by atoms with Crippen molar-refractivity contribution in [3.8, 4) is 0 Å². The van der Waals surface area contributed by atoms with E-state index in [1.54, 1.807) is 7.11 Å². The zero-order chi connectivity index (χ0) is 9.97. The van der Waals surface area contributed by atoms with Crippen LogP contribution >= 0.6 is 12.4 Å². The third-order valence-electron chi connectivity index (χ3n) is 2.99. The van der Waals surface area contributed by atoms with E-state index in [0.717, 1.165) is 6.42 Å². The minimum absolute atomic E-state index is 0. The molecule has 0 heterocycles. The molecule has 0 spiro atoms. The molecule has 0 saturated carbocycles. The Hall–Kier alpha value is -0.570. The van der Waals surface area contributed by atoms with Crippen LogP contribution in [0.1, 0.15) is 35.8 Å². The van der Waals surface area contributed by atoms with Crippen LogP contribution in [0.3, 0.4) is 0 Å². The van der Waals surface area contributed by atoms with E-state index in [1.165, 1.54) is 36.0 Å². The topological polar surface area (TPSA) is 35.2 Å². The van der Waals surface area contributed by atoms with Gasteiger partial charge in [-0.2, -0.15) is 0 Å². The van der Waals surface area contributed by atoms with Gasteiger partial charge in [0.05, 0.1) is 0 Å². The highest BCUT2D eigenvalue weighted by Crippen LogP contribution is 2.27. The number of fused-ring (bicyclic) bond motifs is 1. The highest BCUT2D eigenvalue weighted by Gasteiger charge is 2.16. The Morgan fingerprint density at radius 3 is 2.73 bits per heavy atom. The predicted molar refractivity (Wildman–Crippen MR) is 64.3 cm³/mol. The molecule has 0 aromatic heterocycles. The summed E-state index contributed by atoms with van der Waals surface area (Å²) in [5.74, 6) is 0. The summed E-state index contributed by atoms with van der Waals surface area (Å²) in [4.78, 5) is 0. The second-order valence-electron chi connectivity index (χ2n) is 3.85. The molecule has 0 aliphatic heterocycles. The number of halogens is 1. The van der Waals surface area contributed by atoms with E-state index < -0.39 is 0 Å². The Kier molecular flexibility index (Phi) is 4.58. The van der Waals surface area contributed by atoms with E-state index in [2.05, 4.69) is 18.2 Å². The summed E-state index contributed by atoms with van der Waals surface area (Å²) in [6.45, 7) is 0. The van der Waals surface area contributed by atoms with Crippen molar-refractivity contribution in [2.75, 3.05) is 7.11 Å². The fourth-order valence-electron chi connectivity index (χ4n) is 2.20. The SMILES string of the molecule is COC(N)c1cccc2c1CCCC2.Cl.